The Morgan fingerprint density at radius 3 is 3.08 bits per heavy atom. The predicted octanol–water partition coefficient (Wildman–Crippen LogP) is -0.155. The highest BCUT2D eigenvalue weighted by Gasteiger charge is 2.09. The van der Waals surface area contributed by atoms with Gasteiger partial charge in [0.05, 0.1) is 24.9 Å². The second-order valence-electron chi connectivity index (χ2n) is 2.46. The fraction of sp³-hybridized carbons (Fsp3) is 0.571. The molecule has 0 bridgehead atoms. The van der Waals surface area contributed by atoms with E-state index < -0.39 is 12.7 Å². The van der Waals surface area contributed by atoms with Crippen LogP contribution in [0.25, 0.3) is 0 Å². The van der Waals surface area contributed by atoms with Crippen molar-refractivity contribution in [2.45, 2.75) is 12.6 Å². The topological polar surface area (TPSA) is 64.1 Å². The van der Waals surface area contributed by atoms with Crippen molar-refractivity contribution in [1.82, 2.24) is 9.78 Å². The number of aryl methyl sites for hydroxylation is 1. The first-order valence-electron chi connectivity index (χ1n) is 3.73. The average molecular weight is 173 g/mol. The van der Waals surface area contributed by atoms with Crippen LogP contribution in [0.1, 0.15) is 11.7 Å². The molecule has 0 saturated heterocycles. The summed E-state index contributed by atoms with van der Waals surface area (Å²) in [6.45, 7) is -0.444. The number of rotatable bonds is 4. The summed E-state index contributed by atoms with van der Waals surface area (Å²) in [4.78, 5) is 0. The molecule has 3 N–H and O–H groups in total. The molecular weight excluding hydrogens is 161 g/mol. The van der Waals surface area contributed by atoms with E-state index in [0.29, 0.717) is 5.69 Å². The van der Waals surface area contributed by atoms with E-state index in [1.807, 2.05) is 0 Å². The minimum Gasteiger partial charge on any atom is -0.394 e. The highest BCUT2D eigenvalue weighted by Crippen LogP contribution is 2.08. The molecular formula is C7H12FN3O. The molecule has 4 nitrogen and oxygen atoms in total. The van der Waals surface area contributed by atoms with Crippen LogP contribution in [0.2, 0.25) is 0 Å². The van der Waals surface area contributed by atoms with Gasteiger partial charge >= 0.3 is 0 Å². The van der Waals surface area contributed by atoms with Crippen molar-refractivity contribution in [1.29, 1.82) is 0 Å². The lowest BCUT2D eigenvalue weighted by atomic mass is 10.2. The number of nitrogens with zero attached hydrogens (tertiary/aromatic N) is 2. The Bertz CT molecular complexity index is 238. The van der Waals surface area contributed by atoms with Gasteiger partial charge in [-0.15, -0.1) is 0 Å². The van der Waals surface area contributed by atoms with Gasteiger partial charge in [0.25, 0.3) is 0 Å². The highest BCUT2D eigenvalue weighted by molar-refractivity contribution is 5.05. The average Bonchev–Trinajstić information content (AvgIpc) is 2.52. The largest absolute Gasteiger partial charge is 0.394 e. The Hall–Kier alpha value is -0.940. The Morgan fingerprint density at radius 1 is 1.75 bits per heavy atom. The molecule has 5 heteroatoms. The molecule has 0 amide bonds. The Labute approximate surface area is 69.8 Å². The van der Waals surface area contributed by atoms with Crippen LogP contribution in [0.3, 0.4) is 0 Å². The lowest BCUT2D eigenvalue weighted by molar-refractivity contribution is 0.260. The number of halogens is 1. The van der Waals surface area contributed by atoms with E-state index in [0.717, 1.165) is 0 Å². The van der Waals surface area contributed by atoms with Gasteiger partial charge in [0.1, 0.15) is 6.67 Å². The third kappa shape index (κ3) is 1.80. The Morgan fingerprint density at radius 2 is 2.50 bits per heavy atom. The van der Waals surface area contributed by atoms with E-state index in [-0.39, 0.29) is 13.2 Å². The van der Waals surface area contributed by atoms with E-state index in [1.54, 1.807) is 12.3 Å². The summed E-state index contributed by atoms with van der Waals surface area (Å²) in [5.41, 5.74) is 6.20. The first-order valence-corrected chi connectivity index (χ1v) is 3.73. The highest BCUT2D eigenvalue weighted by atomic mass is 19.1. The first-order chi connectivity index (χ1) is 5.79. The molecule has 1 unspecified atom stereocenters. The summed E-state index contributed by atoms with van der Waals surface area (Å²) in [6.07, 6.45) is 1.54. The van der Waals surface area contributed by atoms with Crippen LogP contribution in [-0.4, -0.2) is 28.2 Å². The number of hydrogen-bond acceptors (Lipinski definition) is 3. The van der Waals surface area contributed by atoms with E-state index in [9.17, 15) is 4.39 Å². The van der Waals surface area contributed by atoms with Gasteiger partial charge in [-0.1, -0.05) is 0 Å². The normalized spacial score (nSPS) is 13.2. The van der Waals surface area contributed by atoms with Crippen LogP contribution in [-0.2, 0) is 6.54 Å². The van der Waals surface area contributed by atoms with E-state index >= 15 is 0 Å². The van der Waals surface area contributed by atoms with Crippen LogP contribution in [0.5, 0.6) is 0 Å². The maximum atomic E-state index is 11.9. The molecule has 1 rings (SSSR count). The number of alkyl halides is 1. The van der Waals surface area contributed by atoms with E-state index in [2.05, 4.69) is 5.10 Å². The van der Waals surface area contributed by atoms with Gasteiger partial charge < -0.3 is 10.8 Å². The molecule has 1 atom stereocenters. The number of aromatic nitrogens is 2. The van der Waals surface area contributed by atoms with Crippen molar-refractivity contribution in [3.05, 3.63) is 18.0 Å². The van der Waals surface area contributed by atoms with Gasteiger partial charge in [-0.3, -0.25) is 4.68 Å². The van der Waals surface area contributed by atoms with Gasteiger partial charge in [-0.05, 0) is 6.07 Å². The number of aliphatic hydroxyl groups is 1. The summed E-state index contributed by atoms with van der Waals surface area (Å²) in [7, 11) is 0. The molecule has 0 aliphatic rings. The van der Waals surface area contributed by atoms with Gasteiger partial charge in [0.15, 0.2) is 0 Å². The maximum Gasteiger partial charge on any atom is 0.109 e. The standard InChI is InChI=1S/C7H12FN3O/c8-2-4-11-7(1-3-10-11)6(9)5-12/h1,3,6,12H,2,4-5,9H2. The molecule has 68 valence electrons. The minimum absolute atomic E-state index is 0.155. The molecule has 0 radical (unpaired) electrons. The molecule has 1 aromatic rings. The van der Waals surface area contributed by atoms with Crippen LogP contribution < -0.4 is 5.73 Å². The SMILES string of the molecule is NC(CO)c1ccnn1CCF. The number of hydrogen-bond donors (Lipinski definition) is 2. The molecule has 1 heterocycles. The Balaban J connectivity index is 2.76. The molecule has 0 fully saturated rings. The van der Waals surface area contributed by atoms with Crippen LogP contribution in [0.15, 0.2) is 12.3 Å². The number of aliphatic hydroxyl groups excluding tert-OH is 1. The lowest BCUT2D eigenvalue weighted by Gasteiger charge is -2.09. The van der Waals surface area contributed by atoms with Gasteiger partial charge in [0.2, 0.25) is 0 Å². The van der Waals surface area contributed by atoms with Crippen molar-refractivity contribution >= 4 is 0 Å². The zero-order chi connectivity index (χ0) is 8.97. The second-order valence-corrected chi connectivity index (χ2v) is 2.46. The van der Waals surface area contributed by atoms with Crippen LogP contribution >= 0.6 is 0 Å². The first kappa shape index (κ1) is 9.15. The molecule has 0 aliphatic heterocycles. The molecule has 12 heavy (non-hydrogen) atoms. The van der Waals surface area contributed by atoms with Gasteiger partial charge in [-0.25, -0.2) is 4.39 Å². The predicted molar refractivity (Wildman–Crippen MR) is 42.2 cm³/mol. The third-order valence-electron chi connectivity index (χ3n) is 1.62. The molecule has 0 saturated carbocycles. The minimum atomic E-state index is -0.479. The molecule has 1 aromatic heterocycles. The smallest absolute Gasteiger partial charge is 0.109 e. The summed E-state index contributed by atoms with van der Waals surface area (Å²) < 4.78 is 13.4. The van der Waals surface area contributed by atoms with E-state index in [4.69, 9.17) is 10.8 Å². The fourth-order valence-electron chi connectivity index (χ4n) is 1.02. The number of nitrogens with two attached hydrogens (primary N) is 1. The van der Waals surface area contributed by atoms with Gasteiger partial charge in [0, 0.05) is 6.20 Å². The molecule has 0 aliphatic carbocycles. The zero-order valence-electron chi connectivity index (χ0n) is 6.65. The Kier molecular flexibility index (Phi) is 3.19. The summed E-state index contributed by atoms with van der Waals surface area (Å²) in [5, 5.41) is 12.6. The fourth-order valence-corrected chi connectivity index (χ4v) is 1.02. The summed E-state index contributed by atoms with van der Waals surface area (Å²) in [5.74, 6) is 0. The van der Waals surface area contributed by atoms with Crippen LogP contribution in [0, 0.1) is 0 Å². The van der Waals surface area contributed by atoms with Gasteiger partial charge in [-0.2, -0.15) is 5.10 Å². The third-order valence-corrected chi connectivity index (χ3v) is 1.62. The van der Waals surface area contributed by atoms with E-state index in [1.165, 1.54) is 4.68 Å². The quantitative estimate of drug-likeness (QED) is 0.665. The van der Waals surface area contributed by atoms with Crippen molar-refractivity contribution in [3.63, 3.8) is 0 Å². The van der Waals surface area contributed by atoms with Crippen molar-refractivity contribution in [3.8, 4) is 0 Å². The molecule has 0 aromatic carbocycles. The summed E-state index contributed by atoms with van der Waals surface area (Å²) >= 11 is 0. The molecule has 0 spiro atoms. The van der Waals surface area contributed by atoms with Crippen molar-refractivity contribution in [2.75, 3.05) is 13.3 Å². The second kappa shape index (κ2) is 4.18. The summed E-state index contributed by atoms with van der Waals surface area (Å²) in [6, 6.07) is 1.20. The van der Waals surface area contributed by atoms with Crippen LogP contribution in [0.4, 0.5) is 4.39 Å². The van der Waals surface area contributed by atoms with Crippen molar-refractivity contribution < 1.29 is 9.50 Å². The monoisotopic (exact) mass is 173 g/mol. The zero-order valence-corrected chi connectivity index (χ0v) is 6.65. The maximum absolute atomic E-state index is 11.9. The van der Waals surface area contributed by atoms with Crippen molar-refractivity contribution in [2.24, 2.45) is 5.73 Å². The lowest BCUT2D eigenvalue weighted by Crippen LogP contribution is -2.20.